The van der Waals surface area contributed by atoms with Crippen LogP contribution in [0.1, 0.15) is 113 Å². The Hall–Kier alpha value is -0.850. The number of aliphatic carboxylic acids is 1. The third-order valence-corrected chi connectivity index (χ3v) is 12.9. The number of methoxy groups -OCH3 is 1. The number of carboxylic acids is 1. The van der Waals surface area contributed by atoms with Crippen LogP contribution in [0.2, 0.25) is 0 Å². The maximum atomic E-state index is 11.8. The van der Waals surface area contributed by atoms with E-state index < -0.39 is 47.4 Å². The lowest BCUT2D eigenvalue weighted by molar-refractivity contribution is -0.326. The Labute approximate surface area is 276 Å². The van der Waals surface area contributed by atoms with Crippen molar-refractivity contribution in [3.05, 3.63) is 0 Å². The molecule has 5 aliphatic rings. The molecule has 3 N–H and O–H groups in total. The first kappa shape index (κ1) is 36.4. The molecule has 5 fully saturated rings. The maximum absolute atomic E-state index is 11.8. The number of aliphatic hydroxyl groups excluding tert-OH is 1. The SMILES string of the molecule is CC[C@@]1([C@@H]2OC(C3O[C@@](O)(CO)[C@H](C)C[C@@H]3C)C[C@@H]2C)CCC([C@]2(C)CC[C@]3(CC[C@@H](C)C([C@@H](C)[C@@H](OC)[C@H](C)C(=O)O)O3)O2)O1. The monoisotopic (exact) mass is 654 g/mol. The van der Waals surface area contributed by atoms with Crippen LogP contribution in [-0.4, -0.2) is 94.4 Å². The lowest BCUT2D eigenvalue weighted by Crippen LogP contribution is -2.55. The second-order valence-corrected chi connectivity index (χ2v) is 16.2. The smallest absolute Gasteiger partial charge is 0.308 e. The summed E-state index contributed by atoms with van der Waals surface area (Å²) in [4.78, 5) is 11.8. The van der Waals surface area contributed by atoms with Crippen molar-refractivity contribution in [2.45, 2.75) is 173 Å². The highest BCUT2D eigenvalue weighted by atomic mass is 16.7. The van der Waals surface area contributed by atoms with E-state index in [0.717, 1.165) is 57.8 Å². The average Bonchev–Trinajstić information content (AvgIpc) is 3.73. The van der Waals surface area contributed by atoms with Gasteiger partial charge in [0, 0.05) is 31.8 Å². The molecule has 5 rings (SSSR count). The molecule has 0 aliphatic carbocycles. The summed E-state index contributed by atoms with van der Waals surface area (Å²) in [5.41, 5.74) is -0.965. The molecular formula is C36H62O10. The molecule has 5 heterocycles. The Morgan fingerprint density at radius 3 is 2.30 bits per heavy atom. The lowest BCUT2D eigenvalue weighted by atomic mass is 9.79. The van der Waals surface area contributed by atoms with Crippen LogP contribution in [0.25, 0.3) is 0 Å². The van der Waals surface area contributed by atoms with Crippen molar-refractivity contribution in [1.29, 1.82) is 0 Å². The van der Waals surface area contributed by atoms with Crippen LogP contribution in [0.5, 0.6) is 0 Å². The number of carboxylic acid groups (broad SMARTS) is 1. The summed E-state index contributed by atoms with van der Waals surface area (Å²) in [5, 5.41) is 30.6. The molecule has 0 saturated carbocycles. The Bertz CT molecular complexity index is 1070. The molecule has 10 nitrogen and oxygen atoms in total. The van der Waals surface area contributed by atoms with Gasteiger partial charge in [0.1, 0.15) is 0 Å². The highest BCUT2D eigenvalue weighted by Gasteiger charge is 2.61. The van der Waals surface area contributed by atoms with Crippen LogP contribution < -0.4 is 0 Å². The van der Waals surface area contributed by atoms with E-state index in [1.807, 2.05) is 13.8 Å². The third-order valence-electron chi connectivity index (χ3n) is 12.9. The Morgan fingerprint density at radius 2 is 1.67 bits per heavy atom. The molecule has 0 aromatic carbocycles. The second-order valence-electron chi connectivity index (χ2n) is 16.2. The average molecular weight is 655 g/mol. The zero-order valence-corrected chi connectivity index (χ0v) is 29.7. The highest BCUT2D eigenvalue weighted by molar-refractivity contribution is 5.70. The summed E-state index contributed by atoms with van der Waals surface area (Å²) < 4.78 is 39.7. The van der Waals surface area contributed by atoms with Crippen LogP contribution in [0.3, 0.4) is 0 Å². The fourth-order valence-electron chi connectivity index (χ4n) is 9.89. The molecule has 4 unspecified atom stereocenters. The van der Waals surface area contributed by atoms with Gasteiger partial charge in [-0.1, -0.05) is 41.5 Å². The van der Waals surface area contributed by atoms with Crippen molar-refractivity contribution >= 4 is 5.97 Å². The van der Waals surface area contributed by atoms with Gasteiger partial charge in [0.15, 0.2) is 11.6 Å². The van der Waals surface area contributed by atoms with Gasteiger partial charge in [0.05, 0.1) is 60.4 Å². The van der Waals surface area contributed by atoms with Gasteiger partial charge in [-0.05, 0) is 76.5 Å². The maximum Gasteiger partial charge on any atom is 0.308 e. The number of aliphatic hydroxyl groups is 2. The van der Waals surface area contributed by atoms with Gasteiger partial charge in [-0.3, -0.25) is 4.79 Å². The summed E-state index contributed by atoms with van der Waals surface area (Å²) >= 11 is 0. The van der Waals surface area contributed by atoms with Gasteiger partial charge in [-0.25, -0.2) is 0 Å². The summed E-state index contributed by atoms with van der Waals surface area (Å²) in [6.45, 7) is 16.1. The molecule has 10 heteroatoms. The van der Waals surface area contributed by atoms with Gasteiger partial charge in [0.25, 0.3) is 0 Å². The van der Waals surface area contributed by atoms with Crippen molar-refractivity contribution in [2.24, 2.45) is 35.5 Å². The zero-order chi connectivity index (χ0) is 33.8. The first-order valence-electron chi connectivity index (χ1n) is 18.0. The molecule has 0 bridgehead atoms. The first-order chi connectivity index (χ1) is 21.6. The Morgan fingerprint density at radius 1 is 0.957 bits per heavy atom. The fourth-order valence-corrected chi connectivity index (χ4v) is 9.89. The normalized spacial score (nSPS) is 50.1. The van der Waals surface area contributed by atoms with E-state index in [1.165, 1.54) is 0 Å². The van der Waals surface area contributed by atoms with Crippen LogP contribution >= 0.6 is 0 Å². The second kappa shape index (κ2) is 13.5. The van der Waals surface area contributed by atoms with Crippen LogP contribution in [-0.2, 0) is 33.2 Å². The summed E-state index contributed by atoms with van der Waals surface area (Å²) in [7, 11) is 1.58. The quantitative estimate of drug-likeness (QED) is 0.285. The van der Waals surface area contributed by atoms with Crippen molar-refractivity contribution in [3.63, 3.8) is 0 Å². The Balaban J connectivity index is 1.27. The molecule has 0 aromatic heterocycles. The van der Waals surface area contributed by atoms with Gasteiger partial charge >= 0.3 is 5.97 Å². The van der Waals surface area contributed by atoms with Gasteiger partial charge in [-0.2, -0.15) is 0 Å². The van der Waals surface area contributed by atoms with E-state index >= 15 is 0 Å². The number of hydrogen-bond acceptors (Lipinski definition) is 9. The van der Waals surface area contributed by atoms with Crippen molar-refractivity contribution in [1.82, 2.24) is 0 Å². The molecule has 5 saturated heterocycles. The van der Waals surface area contributed by atoms with E-state index in [1.54, 1.807) is 14.0 Å². The standard InChI is InChI=1S/C36H62O10/c1-10-34(31-22(4)18-26(42-31)29-21(3)17-23(5)36(40,19-37)45-29)13-12-27(43-34)33(8)15-16-35(46-33)14-11-20(2)28(44-35)24(6)30(41-9)25(7)32(38)39/h20-31,37,40H,10-19H2,1-9H3,(H,38,39)/t20-,21+,22+,23-,24-,25+,26?,27?,28?,29?,30-,31-,33+,34+,35+,36+/m1/s1. The predicted octanol–water partition coefficient (Wildman–Crippen LogP) is 5.30. The lowest BCUT2D eigenvalue weighted by Gasteiger charge is -2.47. The van der Waals surface area contributed by atoms with Crippen LogP contribution in [0, 0.1) is 35.5 Å². The topological polar surface area (TPSA) is 133 Å². The molecule has 16 atom stereocenters. The molecule has 46 heavy (non-hydrogen) atoms. The minimum absolute atomic E-state index is 0.107. The number of rotatable bonds is 10. The number of ether oxygens (including phenoxy) is 6. The first-order valence-corrected chi connectivity index (χ1v) is 18.0. The van der Waals surface area contributed by atoms with E-state index in [9.17, 15) is 20.1 Å². The summed E-state index contributed by atoms with van der Waals surface area (Å²) in [5.74, 6) is -3.34. The largest absolute Gasteiger partial charge is 0.481 e. The molecule has 266 valence electrons. The molecule has 0 radical (unpaired) electrons. The van der Waals surface area contributed by atoms with E-state index in [2.05, 4.69) is 34.6 Å². The fraction of sp³-hybridized carbons (Fsp3) is 0.972. The van der Waals surface area contributed by atoms with Crippen LogP contribution in [0.15, 0.2) is 0 Å². The number of carbonyl (C=O) groups is 1. The molecular weight excluding hydrogens is 592 g/mol. The van der Waals surface area contributed by atoms with Crippen molar-refractivity contribution < 1.29 is 48.5 Å². The molecule has 1 spiro atoms. The van der Waals surface area contributed by atoms with Gasteiger partial charge in [-0.15, -0.1) is 0 Å². The van der Waals surface area contributed by atoms with E-state index in [0.29, 0.717) is 0 Å². The van der Waals surface area contributed by atoms with E-state index in [-0.39, 0.29) is 60.1 Å². The van der Waals surface area contributed by atoms with Crippen molar-refractivity contribution in [3.8, 4) is 0 Å². The molecule has 0 amide bonds. The van der Waals surface area contributed by atoms with Gasteiger partial charge < -0.3 is 43.7 Å². The predicted molar refractivity (Wildman–Crippen MR) is 171 cm³/mol. The third kappa shape index (κ3) is 6.43. The highest BCUT2D eigenvalue weighted by Crippen LogP contribution is 2.54. The molecule has 0 aromatic rings. The number of hydrogen-bond donors (Lipinski definition) is 3. The van der Waals surface area contributed by atoms with E-state index in [4.69, 9.17) is 28.4 Å². The minimum Gasteiger partial charge on any atom is -0.481 e. The molecule has 5 aliphatic heterocycles. The summed E-state index contributed by atoms with van der Waals surface area (Å²) in [6, 6.07) is 0. The van der Waals surface area contributed by atoms with Gasteiger partial charge in [0.2, 0.25) is 0 Å². The Kier molecular flexibility index (Phi) is 10.7. The summed E-state index contributed by atoms with van der Waals surface area (Å²) in [6.07, 6.45) is 6.15. The minimum atomic E-state index is -1.54. The van der Waals surface area contributed by atoms with Crippen molar-refractivity contribution in [2.75, 3.05) is 13.7 Å². The van der Waals surface area contributed by atoms with Crippen LogP contribution in [0.4, 0.5) is 0 Å². The zero-order valence-electron chi connectivity index (χ0n) is 29.7.